The van der Waals surface area contributed by atoms with E-state index in [1.165, 1.54) is 0 Å². The van der Waals surface area contributed by atoms with Crippen LogP contribution in [0.5, 0.6) is 5.75 Å². The zero-order chi connectivity index (χ0) is 14.5. The Morgan fingerprint density at radius 2 is 2.16 bits per heavy atom. The Labute approximate surface area is 119 Å². The van der Waals surface area contributed by atoms with Crippen LogP contribution in [0, 0.1) is 0 Å². The maximum atomic E-state index is 11.7. The van der Waals surface area contributed by atoms with Gasteiger partial charge >= 0.3 is 0 Å². The lowest BCUT2D eigenvalue weighted by Gasteiger charge is -2.18. The van der Waals surface area contributed by atoms with Crippen molar-refractivity contribution in [3.63, 3.8) is 0 Å². The van der Waals surface area contributed by atoms with Crippen molar-refractivity contribution in [2.75, 3.05) is 7.11 Å². The van der Waals surface area contributed by atoms with Gasteiger partial charge in [-0.2, -0.15) is 0 Å². The molecule has 106 valence electrons. The molecule has 0 saturated carbocycles. The van der Waals surface area contributed by atoms with Crippen molar-refractivity contribution in [3.8, 4) is 5.75 Å². The first-order valence-corrected chi connectivity index (χ1v) is 6.58. The predicted octanol–water partition coefficient (Wildman–Crippen LogP) is 2.48. The highest BCUT2D eigenvalue weighted by Gasteiger charge is 2.14. The molecule has 4 nitrogen and oxygen atoms in total. The molecule has 0 saturated heterocycles. The van der Waals surface area contributed by atoms with Gasteiger partial charge in [-0.3, -0.25) is 4.79 Å². The molecule has 0 bridgehead atoms. The van der Waals surface area contributed by atoms with E-state index in [-0.39, 0.29) is 11.4 Å². The smallest absolute Gasteiger partial charge is 0.220 e. The van der Waals surface area contributed by atoms with E-state index < -0.39 is 0 Å². The highest BCUT2D eigenvalue weighted by molar-refractivity contribution is 6.31. The van der Waals surface area contributed by atoms with Gasteiger partial charge in [-0.15, -0.1) is 0 Å². The quantitative estimate of drug-likeness (QED) is 0.843. The number of benzene rings is 1. The molecular formula is C14H21ClN2O2. The first kappa shape index (κ1) is 15.8. The van der Waals surface area contributed by atoms with Crippen molar-refractivity contribution < 1.29 is 9.53 Å². The Hall–Kier alpha value is -1.26. The van der Waals surface area contributed by atoms with E-state index in [0.29, 0.717) is 30.2 Å². The summed E-state index contributed by atoms with van der Waals surface area (Å²) in [6.07, 6.45) is 1.04. The summed E-state index contributed by atoms with van der Waals surface area (Å²) in [7, 11) is 1.58. The molecule has 0 aliphatic rings. The number of halogens is 1. The van der Waals surface area contributed by atoms with E-state index in [0.717, 1.165) is 5.56 Å². The summed E-state index contributed by atoms with van der Waals surface area (Å²) in [5, 5.41) is 3.41. The number of nitrogens with two attached hydrogens (primary N) is 1. The Morgan fingerprint density at radius 1 is 1.47 bits per heavy atom. The molecule has 0 radical (unpaired) electrons. The number of hydrogen-bond acceptors (Lipinski definition) is 3. The maximum absolute atomic E-state index is 11.7. The summed E-state index contributed by atoms with van der Waals surface area (Å²) < 4.78 is 5.22. The SMILES string of the molecule is COc1cccc(Cl)c1CNC(=O)CCC(C)(C)N. The van der Waals surface area contributed by atoms with Gasteiger partial charge in [0.15, 0.2) is 0 Å². The largest absolute Gasteiger partial charge is 0.496 e. The molecule has 0 aliphatic carbocycles. The molecule has 0 spiro atoms. The van der Waals surface area contributed by atoms with Crippen molar-refractivity contribution in [3.05, 3.63) is 28.8 Å². The monoisotopic (exact) mass is 284 g/mol. The highest BCUT2D eigenvalue weighted by Crippen LogP contribution is 2.25. The topological polar surface area (TPSA) is 64.3 Å². The van der Waals surface area contributed by atoms with Crippen LogP contribution in [-0.2, 0) is 11.3 Å². The Kier molecular flexibility index (Phi) is 5.63. The van der Waals surface area contributed by atoms with E-state index in [2.05, 4.69) is 5.32 Å². The lowest BCUT2D eigenvalue weighted by Crippen LogP contribution is -2.34. The van der Waals surface area contributed by atoms with E-state index in [1.54, 1.807) is 13.2 Å². The van der Waals surface area contributed by atoms with Gasteiger partial charge < -0.3 is 15.8 Å². The molecule has 1 aromatic rings. The fraction of sp³-hybridized carbons (Fsp3) is 0.500. The van der Waals surface area contributed by atoms with Crippen molar-refractivity contribution >= 4 is 17.5 Å². The summed E-state index contributed by atoms with van der Waals surface area (Å²) >= 11 is 6.09. The van der Waals surface area contributed by atoms with Crippen LogP contribution < -0.4 is 15.8 Å². The number of hydrogen-bond donors (Lipinski definition) is 2. The second-order valence-electron chi connectivity index (χ2n) is 5.19. The molecule has 0 heterocycles. The number of amides is 1. The summed E-state index contributed by atoms with van der Waals surface area (Å²) in [5.74, 6) is 0.632. The molecule has 0 aliphatic heterocycles. The molecule has 1 amide bonds. The summed E-state index contributed by atoms with van der Waals surface area (Å²) in [6, 6.07) is 5.40. The van der Waals surface area contributed by atoms with Gasteiger partial charge in [0.1, 0.15) is 5.75 Å². The third-order valence-corrected chi connectivity index (χ3v) is 3.11. The average Bonchev–Trinajstić information content (AvgIpc) is 2.33. The van der Waals surface area contributed by atoms with Crippen LogP contribution in [0.3, 0.4) is 0 Å². The lowest BCUT2D eigenvalue weighted by atomic mass is 10.00. The number of carbonyl (C=O) groups excluding carboxylic acids is 1. The highest BCUT2D eigenvalue weighted by atomic mass is 35.5. The number of carbonyl (C=O) groups is 1. The van der Waals surface area contributed by atoms with Crippen LogP contribution in [0.25, 0.3) is 0 Å². The molecule has 3 N–H and O–H groups in total. The zero-order valence-corrected chi connectivity index (χ0v) is 12.4. The lowest BCUT2D eigenvalue weighted by molar-refractivity contribution is -0.121. The minimum absolute atomic E-state index is 0.0412. The van der Waals surface area contributed by atoms with E-state index in [1.807, 2.05) is 26.0 Å². The Balaban J connectivity index is 2.55. The van der Waals surface area contributed by atoms with Crippen molar-refractivity contribution in [2.45, 2.75) is 38.8 Å². The first-order chi connectivity index (χ1) is 8.83. The van der Waals surface area contributed by atoms with Crippen LogP contribution in [0.4, 0.5) is 0 Å². The predicted molar refractivity (Wildman–Crippen MR) is 77.4 cm³/mol. The van der Waals surface area contributed by atoms with Crippen LogP contribution in [-0.4, -0.2) is 18.6 Å². The van der Waals surface area contributed by atoms with Gasteiger partial charge in [0.05, 0.1) is 7.11 Å². The molecule has 19 heavy (non-hydrogen) atoms. The number of ether oxygens (including phenoxy) is 1. The fourth-order valence-electron chi connectivity index (χ4n) is 1.61. The van der Waals surface area contributed by atoms with Crippen molar-refractivity contribution in [2.24, 2.45) is 5.73 Å². The first-order valence-electron chi connectivity index (χ1n) is 6.20. The minimum Gasteiger partial charge on any atom is -0.496 e. The van der Waals surface area contributed by atoms with Gasteiger partial charge in [0.2, 0.25) is 5.91 Å². The van der Waals surface area contributed by atoms with Gasteiger partial charge in [-0.05, 0) is 32.4 Å². The Morgan fingerprint density at radius 3 is 2.74 bits per heavy atom. The molecule has 0 unspecified atom stereocenters. The summed E-state index contributed by atoms with van der Waals surface area (Å²) in [4.78, 5) is 11.7. The van der Waals surface area contributed by atoms with E-state index in [4.69, 9.17) is 22.1 Å². The summed E-state index contributed by atoms with van der Waals surface area (Å²) in [5.41, 5.74) is 6.29. The van der Waals surface area contributed by atoms with Crippen LogP contribution in [0.1, 0.15) is 32.3 Å². The number of methoxy groups -OCH3 is 1. The maximum Gasteiger partial charge on any atom is 0.220 e. The molecule has 1 aromatic carbocycles. The van der Waals surface area contributed by atoms with Crippen LogP contribution >= 0.6 is 11.6 Å². The molecule has 0 atom stereocenters. The second kappa shape index (κ2) is 6.78. The molecule has 0 fully saturated rings. The van der Waals surface area contributed by atoms with Crippen LogP contribution in [0.15, 0.2) is 18.2 Å². The number of rotatable bonds is 6. The number of nitrogens with one attached hydrogen (secondary N) is 1. The minimum atomic E-state index is -0.334. The summed E-state index contributed by atoms with van der Waals surface area (Å²) in [6.45, 7) is 4.15. The van der Waals surface area contributed by atoms with Crippen molar-refractivity contribution in [1.29, 1.82) is 0 Å². The second-order valence-corrected chi connectivity index (χ2v) is 5.59. The third kappa shape index (κ3) is 5.49. The van der Waals surface area contributed by atoms with Crippen LogP contribution in [0.2, 0.25) is 5.02 Å². The molecule has 1 rings (SSSR count). The van der Waals surface area contributed by atoms with Gasteiger partial charge in [0, 0.05) is 29.1 Å². The van der Waals surface area contributed by atoms with Crippen molar-refractivity contribution in [1.82, 2.24) is 5.32 Å². The third-order valence-electron chi connectivity index (χ3n) is 2.75. The Bertz CT molecular complexity index is 442. The molecule has 0 aromatic heterocycles. The average molecular weight is 285 g/mol. The van der Waals surface area contributed by atoms with E-state index in [9.17, 15) is 4.79 Å². The van der Waals surface area contributed by atoms with Gasteiger partial charge in [0.25, 0.3) is 0 Å². The fourth-order valence-corrected chi connectivity index (χ4v) is 1.85. The molecular weight excluding hydrogens is 264 g/mol. The normalized spacial score (nSPS) is 11.2. The standard InChI is InChI=1S/C14H21ClN2O2/c1-14(2,16)8-7-13(18)17-9-10-11(15)5-4-6-12(10)19-3/h4-6H,7-9,16H2,1-3H3,(H,17,18). The molecule has 5 heteroatoms. The zero-order valence-electron chi connectivity index (χ0n) is 11.6. The van der Waals surface area contributed by atoms with Gasteiger partial charge in [-0.25, -0.2) is 0 Å². The van der Waals surface area contributed by atoms with Gasteiger partial charge in [-0.1, -0.05) is 17.7 Å². The van der Waals surface area contributed by atoms with E-state index >= 15 is 0 Å².